The summed E-state index contributed by atoms with van der Waals surface area (Å²) in [4.78, 5) is 15.9. The molecular weight excluding hydrogens is 309 g/mol. The molecule has 0 aromatic heterocycles. The Kier molecular flexibility index (Phi) is 4.88. The van der Waals surface area contributed by atoms with E-state index in [4.69, 9.17) is 4.74 Å². The minimum atomic E-state index is -4.16. The molecular formula is C16H25F3N2O2. The van der Waals surface area contributed by atoms with Gasteiger partial charge in [-0.15, -0.1) is 0 Å². The minimum Gasteiger partial charge on any atom is -0.374 e. The van der Waals surface area contributed by atoms with Crippen molar-refractivity contribution in [3.8, 4) is 0 Å². The molecule has 4 unspecified atom stereocenters. The summed E-state index contributed by atoms with van der Waals surface area (Å²) in [7, 11) is 0. The molecule has 132 valence electrons. The number of hydrogen-bond acceptors (Lipinski definition) is 3. The van der Waals surface area contributed by atoms with Crippen LogP contribution in [0.1, 0.15) is 32.6 Å². The second-order valence-corrected chi connectivity index (χ2v) is 7.10. The van der Waals surface area contributed by atoms with Crippen molar-refractivity contribution in [1.82, 2.24) is 9.80 Å². The molecule has 4 atom stereocenters. The molecule has 0 aliphatic carbocycles. The quantitative estimate of drug-likeness (QED) is 0.773. The van der Waals surface area contributed by atoms with Gasteiger partial charge in [0, 0.05) is 19.6 Å². The van der Waals surface area contributed by atoms with Crippen molar-refractivity contribution in [3.63, 3.8) is 0 Å². The van der Waals surface area contributed by atoms with Crippen molar-refractivity contribution in [1.29, 1.82) is 0 Å². The molecule has 0 saturated carbocycles. The monoisotopic (exact) mass is 334 g/mol. The van der Waals surface area contributed by atoms with Crippen LogP contribution < -0.4 is 0 Å². The maximum absolute atomic E-state index is 12.6. The number of carbonyl (C=O) groups is 1. The molecule has 1 amide bonds. The van der Waals surface area contributed by atoms with Gasteiger partial charge in [-0.1, -0.05) is 6.92 Å². The van der Waals surface area contributed by atoms with E-state index in [0.717, 1.165) is 25.7 Å². The Balaban J connectivity index is 1.49. The Morgan fingerprint density at radius 2 is 2.09 bits per heavy atom. The predicted molar refractivity (Wildman–Crippen MR) is 78.9 cm³/mol. The van der Waals surface area contributed by atoms with Crippen molar-refractivity contribution in [2.45, 2.75) is 51.0 Å². The summed E-state index contributed by atoms with van der Waals surface area (Å²) >= 11 is 0. The third-order valence-corrected chi connectivity index (χ3v) is 5.39. The summed E-state index contributed by atoms with van der Waals surface area (Å²) in [6, 6.07) is 0. The van der Waals surface area contributed by atoms with Gasteiger partial charge in [0.2, 0.25) is 5.91 Å². The first-order valence-electron chi connectivity index (χ1n) is 8.59. The lowest BCUT2D eigenvalue weighted by Crippen LogP contribution is -2.40. The Morgan fingerprint density at radius 3 is 2.65 bits per heavy atom. The number of nitrogens with zero attached hydrogens (tertiary/aromatic N) is 2. The van der Waals surface area contributed by atoms with Crippen LogP contribution >= 0.6 is 0 Å². The molecule has 0 aromatic carbocycles. The lowest BCUT2D eigenvalue weighted by atomic mass is 9.88. The molecule has 4 nitrogen and oxygen atoms in total. The van der Waals surface area contributed by atoms with E-state index >= 15 is 0 Å². The lowest BCUT2D eigenvalue weighted by Gasteiger charge is -2.26. The van der Waals surface area contributed by atoms with Crippen molar-refractivity contribution < 1.29 is 22.7 Å². The van der Waals surface area contributed by atoms with Crippen LogP contribution in [0, 0.1) is 11.8 Å². The average Bonchev–Trinajstić information content (AvgIpc) is 3.20. The van der Waals surface area contributed by atoms with E-state index in [9.17, 15) is 18.0 Å². The number of hydrogen-bond donors (Lipinski definition) is 0. The van der Waals surface area contributed by atoms with E-state index in [2.05, 4.69) is 0 Å². The van der Waals surface area contributed by atoms with Crippen LogP contribution in [-0.2, 0) is 9.53 Å². The Bertz CT molecular complexity index is 444. The highest BCUT2D eigenvalue weighted by Gasteiger charge is 2.46. The van der Waals surface area contributed by atoms with Crippen molar-refractivity contribution >= 4 is 5.91 Å². The maximum Gasteiger partial charge on any atom is 0.401 e. The fourth-order valence-electron chi connectivity index (χ4n) is 4.24. The van der Waals surface area contributed by atoms with Crippen LogP contribution in [0.5, 0.6) is 0 Å². The van der Waals surface area contributed by atoms with Crippen LogP contribution in [0.3, 0.4) is 0 Å². The molecule has 0 radical (unpaired) electrons. The number of fused-ring (bicyclic) bond motifs is 2. The van der Waals surface area contributed by atoms with Crippen LogP contribution in [0.4, 0.5) is 13.2 Å². The normalized spacial score (nSPS) is 33.9. The number of carbonyl (C=O) groups excluding carboxylic acids is 1. The van der Waals surface area contributed by atoms with Gasteiger partial charge in [-0.3, -0.25) is 9.69 Å². The second-order valence-electron chi connectivity index (χ2n) is 7.10. The summed E-state index contributed by atoms with van der Waals surface area (Å²) in [5.74, 6) is 0.268. The largest absolute Gasteiger partial charge is 0.401 e. The van der Waals surface area contributed by atoms with E-state index in [1.165, 1.54) is 4.90 Å². The maximum atomic E-state index is 12.6. The third-order valence-electron chi connectivity index (χ3n) is 5.39. The van der Waals surface area contributed by atoms with E-state index < -0.39 is 12.7 Å². The molecule has 2 bridgehead atoms. The fraction of sp³-hybridized carbons (Fsp3) is 0.938. The van der Waals surface area contributed by atoms with Gasteiger partial charge in [0.1, 0.15) is 0 Å². The average molecular weight is 334 g/mol. The van der Waals surface area contributed by atoms with E-state index in [1.807, 2.05) is 4.90 Å². The van der Waals surface area contributed by atoms with Crippen LogP contribution in [-0.4, -0.2) is 66.8 Å². The van der Waals surface area contributed by atoms with Crippen molar-refractivity contribution in [3.05, 3.63) is 0 Å². The van der Waals surface area contributed by atoms with Gasteiger partial charge >= 0.3 is 6.18 Å². The first kappa shape index (κ1) is 17.0. The number of rotatable bonds is 5. The highest BCUT2D eigenvalue weighted by atomic mass is 19.4. The highest BCUT2D eigenvalue weighted by Crippen LogP contribution is 2.40. The number of amides is 1. The van der Waals surface area contributed by atoms with E-state index in [1.54, 1.807) is 6.92 Å². The summed E-state index contributed by atoms with van der Waals surface area (Å²) in [5, 5.41) is 0. The predicted octanol–water partition coefficient (Wildman–Crippen LogP) is 2.29. The van der Waals surface area contributed by atoms with Gasteiger partial charge in [-0.25, -0.2) is 0 Å². The first-order valence-corrected chi connectivity index (χ1v) is 8.59. The number of ether oxygens (including phenoxy) is 1. The zero-order chi connectivity index (χ0) is 16.6. The molecule has 3 fully saturated rings. The fourth-order valence-corrected chi connectivity index (χ4v) is 4.24. The third kappa shape index (κ3) is 3.99. The van der Waals surface area contributed by atoms with Crippen molar-refractivity contribution in [2.75, 3.05) is 32.7 Å². The lowest BCUT2D eigenvalue weighted by molar-refractivity contribution is -0.147. The Morgan fingerprint density at radius 1 is 1.30 bits per heavy atom. The highest BCUT2D eigenvalue weighted by molar-refractivity contribution is 5.80. The Labute approximate surface area is 134 Å². The summed E-state index contributed by atoms with van der Waals surface area (Å²) in [6.07, 6.45) is -0.210. The Hall–Kier alpha value is -0.820. The standard InChI is InChI=1S/C16H25F3N2O2/c1-2-20(10-16(17,18)19)8-11-5-6-21(9-11)15(22)13-7-12-3-4-14(13)23-12/h11-14H,2-10H2,1H3. The zero-order valence-corrected chi connectivity index (χ0v) is 13.5. The molecule has 23 heavy (non-hydrogen) atoms. The second kappa shape index (κ2) is 6.59. The van der Waals surface area contributed by atoms with Gasteiger partial charge in [-0.2, -0.15) is 13.2 Å². The number of halogens is 3. The summed E-state index contributed by atoms with van der Waals surface area (Å²) in [6.45, 7) is 2.92. The molecule has 3 aliphatic heterocycles. The van der Waals surface area contributed by atoms with Gasteiger partial charge in [0.05, 0.1) is 24.7 Å². The molecule has 0 aromatic rings. The smallest absolute Gasteiger partial charge is 0.374 e. The van der Waals surface area contributed by atoms with Gasteiger partial charge < -0.3 is 9.64 Å². The van der Waals surface area contributed by atoms with E-state index in [0.29, 0.717) is 26.2 Å². The first-order chi connectivity index (χ1) is 10.9. The molecule has 7 heteroatoms. The van der Waals surface area contributed by atoms with E-state index in [-0.39, 0.29) is 30.0 Å². The molecule has 3 aliphatic rings. The van der Waals surface area contributed by atoms with Crippen molar-refractivity contribution in [2.24, 2.45) is 11.8 Å². The zero-order valence-electron chi connectivity index (χ0n) is 13.5. The van der Waals surface area contributed by atoms with Gasteiger partial charge in [-0.05, 0) is 38.1 Å². The summed E-state index contributed by atoms with van der Waals surface area (Å²) in [5.41, 5.74) is 0. The SMILES string of the molecule is CCN(CC1CCN(C(=O)C2CC3CCC2O3)C1)CC(F)(F)F. The van der Waals surface area contributed by atoms with Crippen LogP contribution in [0.2, 0.25) is 0 Å². The molecule has 3 saturated heterocycles. The molecule has 3 heterocycles. The van der Waals surface area contributed by atoms with Crippen LogP contribution in [0.15, 0.2) is 0 Å². The van der Waals surface area contributed by atoms with Crippen LogP contribution in [0.25, 0.3) is 0 Å². The van der Waals surface area contributed by atoms with Gasteiger partial charge in [0.15, 0.2) is 0 Å². The number of alkyl halides is 3. The molecule has 0 spiro atoms. The topological polar surface area (TPSA) is 32.8 Å². The van der Waals surface area contributed by atoms with Gasteiger partial charge in [0.25, 0.3) is 0 Å². The summed E-state index contributed by atoms with van der Waals surface area (Å²) < 4.78 is 43.4. The minimum absolute atomic E-state index is 0.0232. The molecule has 0 N–H and O–H groups in total. The number of likely N-dealkylation sites (tertiary alicyclic amines) is 1. The molecule has 3 rings (SSSR count).